The van der Waals surface area contributed by atoms with E-state index in [0.717, 1.165) is 11.1 Å². The first-order valence-electron chi connectivity index (χ1n) is 4.22. The molecular weight excluding hydrogens is 179 g/mol. The van der Waals surface area contributed by atoms with E-state index >= 15 is 0 Å². The van der Waals surface area contributed by atoms with Gasteiger partial charge in [-0.2, -0.15) is 0 Å². The zero-order valence-corrected chi connectivity index (χ0v) is 7.44. The van der Waals surface area contributed by atoms with Crippen LogP contribution in [0.25, 0.3) is 11.1 Å². The van der Waals surface area contributed by atoms with E-state index in [1.54, 1.807) is 24.5 Å². The van der Waals surface area contributed by atoms with Crippen LogP contribution in [0.1, 0.15) is 0 Å². The Morgan fingerprint density at radius 1 is 1.14 bits per heavy atom. The molecule has 1 heterocycles. The average Bonchev–Trinajstić information content (AvgIpc) is 2.18. The van der Waals surface area contributed by atoms with E-state index in [4.69, 9.17) is 5.73 Å². The smallest absolute Gasteiger partial charge is 0.125 e. The van der Waals surface area contributed by atoms with Crippen LogP contribution < -0.4 is 5.73 Å². The van der Waals surface area contributed by atoms with Crippen LogP contribution >= 0.6 is 0 Å². The fourth-order valence-corrected chi connectivity index (χ4v) is 1.31. The van der Waals surface area contributed by atoms with Gasteiger partial charge in [0.25, 0.3) is 0 Å². The van der Waals surface area contributed by atoms with Gasteiger partial charge in [0.15, 0.2) is 0 Å². The second kappa shape index (κ2) is 3.46. The van der Waals surface area contributed by atoms with E-state index in [2.05, 4.69) is 4.98 Å². The summed E-state index contributed by atoms with van der Waals surface area (Å²) >= 11 is 0. The van der Waals surface area contributed by atoms with Crippen molar-refractivity contribution in [2.75, 3.05) is 5.73 Å². The molecule has 1 aromatic carbocycles. The van der Waals surface area contributed by atoms with Gasteiger partial charge in [0.05, 0.1) is 0 Å². The normalized spacial score (nSPS) is 10.1. The van der Waals surface area contributed by atoms with Crippen molar-refractivity contribution in [2.24, 2.45) is 0 Å². The van der Waals surface area contributed by atoms with Gasteiger partial charge in [-0.05, 0) is 29.8 Å². The van der Waals surface area contributed by atoms with Crippen LogP contribution in [0.4, 0.5) is 10.1 Å². The summed E-state index contributed by atoms with van der Waals surface area (Å²) in [6, 6.07) is 8.12. The number of rotatable bonds is 1. The topological polar surface area (TPSA) is 38.9 Å². The zero-order chi connectivity index (χ0) is 9.97. The first kappa shape index (κ1) is 8.69. The Kier molecular flexibility index (Phi) is 2.14. The molecular formula is C11H9FN2. The van der Waals surface area contributed by atoms with Crippen molar-refractivity contribution in [3.05, 3.63) is 48.5 Å². The molecule has 2 aromatic rings. The fourth-order valence-electron chi connectivity index (χ4n) is 1.31. The third kappa shape index (κ3) is 1.71. The van der Waals surface area contributed by atoms with Gasteiger partial charge in [-0.1, -0.05) is 6.07 Å². The minimum Gasteiger partial charge on any atom is -0.399 e. The Bertz CT molecular complexity index is 420. The number of aromatic nitrogens is 1. The molecule has 0 fully saturated rings. The lowest BCUT2D eigenvalue weighted by molar-refractivity contribution is 0.629. The van der Waals surface area contributed by atoms with E-state index in [-0.39, 0.29) is 5.82 Å². The molecule has 0 amide bonds. The molecule has 0 bridgehead atoms. The van der Waals surface area contributed by atoms with E-state index in [9.17, 15) is 4.39 Å². The molecule has 3 heteroatoms. The number of pyridine rings is 1. The lowest BCUT2D eigenvalue weighted by Gasteiger charge is -2.02. The first-order chi connectivity index (χ1) is 6.75. The summed E-state index contributed by atoms with van der Waals surface area (Å²) in [5.41, 5.74) is 7.56. The highest BCUT2D eigenvalue weighted by atomic mass is 19.1. The van der Waals surface area contributed by atoms with Gasteiger partial charge in [-0.25, -0.2) is 4.39 Å². The maximum absolute atomic E-state index is 13.0. The second-order valence-electron chi connectivity index (χ2n) is 3.01. The average molecular weight is 188 g/mol. The molecule has 0 unspecified atom stereocenters. The summed E-state index contributed by atoms with van der Waals surface area (Å²) in [6.07, 6.45) is 3.35. The van der Waals surface area contributed by atoms with Crippen molar-refractivity contribution in [3.8, 4) is 11.1 Å². The summed E-state index contributed by atoms with van der Waals surface area (Å²) in [5, 5.41) is 0. The molecule has 2 N–H and O–H groups in total. The molecule has 2 nitrogen and oxygen atoms in total. The van der Waals surface area contributed by atoms with Gasteiger partial charge in [-0.15, -0.1) is 0 Å². The first-order valence-corrected chi connectivity index (χ1v) is 4.22. The van der Waals surface area contributed by atoms with Crippen molar-refractivity contribution in [1.29, 1.82) is 0 Å². The van der Waals surface area contributed by atoms with Crippen molar-refractivity contribution >= 4 is 5.69 Å². The van der Waals surface area contributed by atoms with Crippen LogP contribution in [0.15, 0.2) is 42.7 Å². The van der Waals surface area contributed by atoms with Crippen molar-refractivity contribution < 1.29 is 4.39 Å². The quantitative estimate of drug-likeness (QED) is 0.698. The van der Waals surface area contributed by atoms with Crippen LogP contribution in [-0.2, 0) is 0 Å². The Labute approximate surface area is 81.2 Å². The van der Waals surface area contributed by atoms with Gasteiger partial charge in [0, 0.05) is 23.6 Å². The summed E-state index contributed by atoms with van der Waals surface area (Å²) in [4.78, 5) is 3.96. The summed E-state index contributed by atoms with van der Waals surface area (Å²) in [6.45, 7) is 0. The molecule has 1 aromatic heterocycles. The maximum atomic E-state index is 13.0. The number of nitrogen functional groups attached to an aromatic ring is 1. The predicted octanol–water partition coefficient (Wildman–Crippen LogP) is 2.47. The molecule has 0 atom stereocenters. The SMILES string of the molecule is Nc1cc(F)cc(-c2cccnc2)c1. The van der Waals surface area contributed by atoms with Gasteiger partial charge < -0.3 is 5.73 Å². The number of anilines is 1. The number of hydrogen-bond acceptors (Lipinski definition) is 2. The minimum absolute atomic E-state index is 0.330. The Hall–Kier alpha value is -1.90. The second-order valence-corrected chi connectivity index (χ2v) is 3.01. The van der Waals surface area contributed by atoms with Crippen LogP contribution in [0.2, 0.25) is 0 Å². The van der Waals surface area contributed by atoms with Crippen molar-refractivity contribution in [2.45, 2.75) is 0 Å². The Balaban J connectivity index is 2.52. The number of nitrogens with two attached hydrogens (primary N) is 1. The molecule has 0 saturated carbocycles. The van der Waals surface area contributed by atoms with Crippen LogP contribution in [0.3, 0.4) is 0 Å². The van der Waals surface area contributed by atoms with Gasteiger partial charge in [0.1, 0.15) is 5.82 Å². The molecule has 0 saturated heterocycles. The van der Waals surface area contributed by atoms with Crippen molar-refractivity contribution in [3.63, 3.8) is 0 Å². The van der Waals surface area contributed by atoms with E-state index < -0.39 is 0 Å². The van der Waals surface area contributed by atoms with Crippen LogP contribution in [0.5, 0.6) is 0 Å². The highest BCUT2D eigenvalue weighted by Gasteiger charge is 2.00. The molecule has 0 spiro atoms. The molecule has 14 heavy (non-hydrogen) atoms. The summed E-state index contributed by atoms with van der Waals surface area (Å²) in [7, 11) is 0. The maximum Gasteiger partial charge on any atom is 0.125 e. The third-order valence-electron chi connectivity index (χ3n) is 1.91. The lowest BCUT2D eigenvalue weighted by Crippen LogP contribution is -1.88. The molecule has 2 rings (SSSR count). The highest BCUT2D eigenvalue weighted by Crippen LogP contribution is 2.21. The summed E-state index contributed by atoms with van der Waals surface area (Å²) in [5.74, 6) is -0.330. The highest BCUT2D eigenvalue weighted by molar-refractivity contribution is 5.66. The standard InChI is InChI=1S/C11H9FN2/c12-10-4-9(5-11(13)6-10)8-2-1-3-14-7-8/h1-7H,13H2. The van der Waals surface area contributed by atoms with Gasteiger partial charge >= 0.3 is 0 Å². The molecule has 0 aliphatic rings. The van der Waals surface area contributed by atoms with E-state index in [1.165, 1.54) is 12.1 Å². The fraction of sp³-hybridized carbons (Fsp3) is 0. The molecule has 70 valence electrons. The van der Waals surface area contributed by atoms with Gasteiger partial charge in [-0.3, -0.25) is 4.98 Å². The molecule has 0 radical (unpaired) electrons. The monoisotopic (exact) mass is 188 g/mol. The molecule has 0 aliphatic carbocycles. The number of halogens is 1. The van der Waals surface area contributed by atoms with Gasteiger partial charge in [0.2, 0.25) is 0 Å². The van der Waals surface area contributed by atoms with E-state index in [0.29, 0.717) is 5.69 Å². The summed E-state index contributed by atoms with van der Waals surface area (Å²) < 4.78 is 13.0. The number of benzene rings is 1. The minimum atomic E-state index is -0.330. The van der Waals surface area contributed by atoms with Crippen LogP contribution in [0, 0.1) is 5.82 Å². The zero-order valence-electron chi connectivity index (χ0n) is 7.44. The van der Waals surface area contributed by atoms with Crippen molar-refractivity contribution in [1.82, 2.24) is 4.98 Å². The lowest BCUT2D eigenvalue weighted by atomic mass is 10.1. The number of nitrogens with zero attached hydrogens (tertiary/aromatic N) is 1. The third-order valence-corrected chi connectivity index (χ3v) is 1.91. The Morgan fingerprint density at radius 2 is 2.00 bits per heavy atom. The number of hydrogen-bond donors (Lipinski definition) is 1. The largest absolute Gasteiger partial charge is 0.399 e. The predicted molar refractivity (Wildman–Crippen MR) is 54.0 cm³/mol. The van der Waals surface area contributed by atoms with Crippen LogP contribution in [-0.4, -0.2) is 4.98 Å². The Morgan fingerprint density at radius 3 is 2.64 bits per heavy atom. The van der Waals surface area contributed by atoms with E-state index in [1.807, 2.05) is 6.07 Å². The molecule has 0 aliphatic heterocycles.